The van der Waals surface area contributed by atoms with E-state index in [0.717, 1.165) is 55.6 Å². The molecule has 0 saturated heterocycles. The molecule has 3 heteroatoms. The van der Waals surface area contributed by atoms with E-state index in [9.17, 15) is 0 Å². The van der Waals surface area contributed by atoms with Crippen LogP contribution < -0.4 is 4.90 Å². The number of aryl methyl sites for hydroxylation is 2. The lowest BCUT2D eigenvalue weighted by Gasteiger charge is -2.31. The number of hydrogen-bond donors (Lipinski definition) is 0. The first-order valence-electron chi connectivity index (χ1n) is 40.6. The maximum absolute atomic E-state index is 7.22. The number of hydrogen-bond acceptors (Lipinski definition) is 3. The van der Waals surface area contributed by atoms with Crippen LogP contribution in [0.4, 0.5) is 17.1 Å². The second kappa shape index (κ2) is 22.3. The Balaban J connectivity index is 0.612. The fourth-order valence-electron chi connectivity index (χ4n) is 22.4. The van der Waals surface area contributed by atoms with E-state index in [1.54, 1.807) is 0 Å². The lowest BCUT2D eigenvalue weighted by Crippen LogP contribution is -2.19. The van der Waals surface area contributed by atoms with Gasteiger partial charge in [-0.05, 0) is 277 Å². The quantitative estimate of drug-likeness (QED) is 0.159. The number of furan rings is 2. The largest absolute Gasteiger partial charge is 0.455 e. The van der Waals surface area contributed by atoms with Crippen molar-refractivity contribution in [1.82, 2.24) is 0 Å². The van der Waals surface area contributed by atoms with Gasteiger partial charge in [-0.1, -0.05) is 271 Å². The third-order valence-corrected chi connectivity index (χ3v) is 28.5. The summed E-state index contributed by atoms with van der Waals surface area (Å²) in [4.78, 5) is 2.56. The molecule has 0 radical (unpaired) electrons. The maximum atomic E-state index is 7.22. The lowest BCUT2D eigenvalue weighted by atomic mass is 9.79. The van der Waals surface area contributed by atoms with Gasteiger partial charge in [0, 0.05) is 76.5 Å². The van der Waals surface area contributed by atoms with E-state index in [1.807, 2.05) is 0 Å². The molecule has 17 aromatic rings. The third kappa shape index (κ3) is 8.75. The van der Waals surface area contributed by atoms with Crippen molar-refractivity contribution in [2.24, 2.45) is 0 Å². The Kier molecular flexibility index (Phi) is 13.1. The highest BCUT2D eigenvalue weighted by Gasteiger charge is 2.45. The predicted molar refractivity (Wildman–Crippen MR) is 472 cm³/mol. The number of rotatable bonds is 7. The van der Waals surface area contributed by atoms with Gasteiger partial charge in [-0.3, -0.25) is 0 Å². The van der Waals surface area contributed by atoms with Gasteiger partial charge in [0.2, 0.25) is 0 Å². The summed E-state index contributed by atoms with van der Waals surface area (Å²) in [5.74, 6) is 0. The first-order chi connectivity index (χ1) is 54.4. The van der Waals surface area contributed by atoms with E-state index in [0.29, 0.717) is 0 Å². The Morgan fingerprint density at radius 3 is 0.876 bits per heavy atom. The highest BCUT2D eigenvalue weighted by Crippen LogP contribution is 2.62. The Bertz CT molecular complexity index is 6780. The van der Waals surface area contributed by atoms with Crippen LogP contribution in [0, 0.1) is 13.8 Å². The molecule has 0 bridgehead atoms. The summed E-state index contributed by atoms with van der Waals surface area (Å²) < 4.78 is 14.4. The molecule has 0 unspecified atom stereocenters. The van der Waals surface area contributed by atoms with Crippen LogP contribution in [-0.4, -0.2) is 0 Å². The van der Waals surface area contributed by atoms with Gasteiger partial charge >= 0.3 is 0 Å². The van der Waals surface area contributed by atoms with Crippen molar-refractivity contribution in [2.75, 3.05) is 4.90 Å². The first-order valence-corrected chi connectivity index (χ1v) is 40.6. The van der Waals surface area contributed by atoms with Crippen molar-refractivity contribution in [3.8, 4) is 111 Å². The monoisotopic (exact) mass is 1450 g/mol. The highest BCUT2D eigenvalue weighted by molar-refractivity contribution is 6.21. The SMILES string of the molecule is Cc1cccc(C)c1N(c1ccc2c(c1)C(C)(C)c1cc(-c3ccc4c(c3)C(C)(C)c3cc(-c5ccc6c(c5)C(C)(C)c5ccccc5-6)ccc3-4)c3oc4ccccc4c3c1-2)c1ccc2c(c1)C(C)(C)c1cc(-c3ccc4c(c3)C(C)(C)c3cc(-c5ccc6c(c5)C(C)(C)c5ccccc5-6)ccc3-4)c3oc4ccccc4c3c1-2. The first kappa shape index (κ1) is 66.5. The van der Waals surface area contributed by atoms with E-state index >= 15 is 0 Å². The van der Waals surface area contributed by atoms with Gasteiger partial charge in [0.1, 0.15) is 22.3 Å². The number of benzene rings is 15. The number of para-hydroxylation sites is 3. The topological polar surface area (TPSA) is 29.5 Å². The molecule has 23 rings (SSSR count). The second-order valence-electron chi connectivity index (χ2n) is 36.7. The Morgan fingerprint density at radius 1 is 0.221 bits per heavy atom. The van der Waals surface area contributed by atoms with E-state index in [4.69, 9.17) is 8.83 Å². The summed E-state index contributed by atoms with van der Waals surface area (Å²) in [7, 11) is 0. The van der Waals surface area contributed by atoms with E-state index < -0.39 is 10.8 Å². The summed E-state index contributed by atoms with van der Waals surface area (Å²) in [6.45, 7) is 33.5. The third-order valence-electron chi connectivity index (χ3n) is 28.5. The van der Waals surface area contributed by atoms with E-state index in [1.165, 1.54) is 194 Å². The van der Waals surface area contributed by atoms with Gasteiger partial charge in [-0.15, -0.1) is 0 Å². The normalized spacial score (nSPS) is 16.1. The van der Waals surface area contributed by atoms with Crippen LogP contribution in [0.5, 0.6) is 0 Å². The molecule has 113 heavy (non-hydrogen) atoms. The van der Waals surface area contributed by atoms with Gasteiger partial charge in [0.05, 0.1) is 5.69 Å². The van der Waals surface area contributed by atoms with Crippen molar-refractivity contribution in [1.29, 1.82) is 0 Å². The summed E-state index contributed by atoms with van der Waals surface area (Å²) in [5, 5.41) is 4.63. The molecule has 2 aromatic heterocycles. The van der Waals surface area contributed by atoms with E-state index in [-0.39, 0.29) is 21.7 Å². The molecule has 0 atom stereocenters. The van der Waals surface area contributed by atoms with Crippen LogP contribution in [0.25, 0.3) is 155 Å². The molecule has 2 heterocycles. The van der Waals surface area contributed by atoms with Crippen molar-refractivity contribution in [2.45, 2.75) is 129 Å². The van der Waals surface area contributed by atoms with Gasteiger partial charge in [0.25, 0.3) is 0 Å². The molecule has 15 aromatic carbocycles. The zero-order chi connectivity index (χ0) is 76.8. The number of fused-ring (bicyclic) bond motifs is 26. The average Bonchev–Trinajstić information content (AvgIpc) is 1.54. The van der Waals surface area contributed by atoms with E-state index in [2.05, 4.69) is 375 Å². The summed E-state index contributed by atoms with van der Waals surface area (Å²) >= 11 is 0. The minimum atomic E-state index is -0.401. The molecule has 0 spiro atoms. The summed E-state index contributed by atoms with van der Waals surface area (Å²) in [6, 6.07) is 105. The van der Waals surface area contributed by atoms with Crippen molar-refractivity contribution in [3.05, 3.63) is 351 Å². The van der Waals surface area contributed by atoms with Crippen LogP contribution in [0.2, 0.25) is 0 Å². The lowest BCUT2D eigenvalue weighted by molar-refractivity contribution is 0.656. The standard InChI is InChI=1S/C110H87NO2/c1-60-24-23-25-61(2)102(60)111(68-40-48-78-92(56-68)109(11,12)94-58-82(103-100(98(78)94)80-28-17-21-32-96(80)112-103)66-38-46-76-74-44-36-64(52-88(74)107(7,8)90(76)54-66)62-34-42-72-70-26-15-19-30-84(70)105(3,4)86(72)50-62)69-41-49-79-93(57-69)110(13,14)95-59-83(104-101(99(79)95)81-29-18-22-33-97(81)113-104)67-39-47-77-75-45-37-65(53-89(75)108(9,10)91(77)55-67)63-35-43-73-71-27-16-20-31-85(71)106(5,6)87(73)51-63/h15-59H,1-14H3. The van der Waals surface area contributed by atoms with Crippen LogP contribution in [0.15, 0.2) is 282 Å². The molecule has 0 N–H and O–H groups in total. The summed E-state index contributed by atoms with van der Waals surface area (Å²) in [5.41, 5.74) is 49.6. The molecule has 544 valence electrons. The maximum Gasteiger partial charge on any atom is 0.143 e. The van der Waals surface area contributed by atoms with Gasteiger partial charge in [0.15, 0.2) is 0 Å². The van der Waals surface area contributed by atoms with Gasteiger partial charge in [-0.25, -0.2) is 0 Å². The fraction of sp³-hybridized carbons (Fsp3) is 0.182. The molecule has 6 aliphatic carbocycles. The zero-order valence-electron chi connectivity index (χ0n) is 66.7. The zero-order valence-corrected chi connectivity index (χ0v) is 66.7. The molecule has 0 saturated carbocycles. The Morgan fingerprint density at radius 2 is 0.504 bits per heavy atom. The van der Waals surface area contributed by atoms with Crippen LogP contribution in [-0.2, 0) is 32.5 Å². The van der Waals surface area contributed by atoms with Gasteiger partial charge < -0.3 is 13.7 Å². The van der Waals surface area contributed by atoms with Crippen LogP contribution in [0.1, 0.15) is 161 Å². The Labute approximate surface area is 661 Å². The smallest absolute Gasteiger partial charge is 0.143 e. The molecular weight excluding hydrogens is 1370 g/mol. The predicted octanol–water partition coefficient (Wildman–Crippen LogP) is 30.1. The summed E-state index contributed by atoms with van der Waals surface area (Å²) in [6.07, 6.45) is 0. The van der Waals surface area contributed by atoms with Crippen molar-refractivity contribution >= 4 is 60.9 Å². The molecular formula is C110H87NO2. The minimum Gasteiger partial charge on any atom is -0.455 e. The van der Waals surface area contributed by atoms with Gasteiger partial charge in [-0.2, -0.15) is 0 Å². The van der Waals surface area contributed by atoms with Crippen molar-refractivity contribution in [3.63, 3.8) is 0 Å². The Hall–Kier alpha value is -12.3. The average molecular weight is 1450 g/mol. The molecule has 6 aliphatic rings. The number of nitrogens with zero attached hydrogens (tertiary/aromatic N) is 1. The second-order valence-corrected chi connectivity index (χ2v) is 36.7. The molecule has 0 fully saturated rings. The molecule has 0 aliphatic heterocycles. The fourth-order valence-corrected chi connectivity index (χ4v) is 22.4. The minimum absolute atomic E-state index is 0.0726. The van der Waals surface area contributed by atoms with Crippen LogP contribution in [0.3, 0.4) is 0 Å². The molecule has 3 nitrogen and oxygen atoms in total. The number of anilines is 3. The molecule has 0 amide bonds. The van der Waals surface area contributed by atoms with Crippen molar-refractivity contribution < 1.29 is 8.83 Å². The van der Waals surface area contributed by atoms with Crippen LogP contribution >= 0.6 is 0 Å². The highest BCUT2D eigenvalue weighted by atomic mass is 16.3.